The lowest BCUT2D eigenvalue weighted by Gasteiger charge is -2.12. The Hall–Kier alpha value is -2.86. The van der Waals surface area contributed by atoms with Crippen LogP contribution in [0, 0.1) is 6.92 Å². The van der Waals surface area contributed by atoms with Gasteiger partial charge in [0.25, 0.3) is 5.91 Å². The fraction of sp³-hybridized carbons (Fsp3) is 0.250. The number of aryl methyl sites for hydroxylation is 1. The number of amides is 1. The molecule has 0 saturated heterocycles. The Kier molecular flexibility index (Phi) is 5.52. The highest BCUT2D eigenvalue weighted by Crippen LogP contribution is 2.42. The summed E-state index contributed by atoms with van der Waals surface area (Å²) >= 11 is 3.49. The van der Waals surface area contributed by atoms with Crippen molar-refractivity contribution in [3.05, 3.63) is 69.2 Å². The Balaban J connectivity index is 1.92. The molecule has 0 unspecified atom stereocenters. The Bertz CT molecular complexity index is 1160. The lowest BCUT2D eigenvalue weighted by atomic mass is 9.99. The molecule has 1 aliphatic heterocycles. The van der Waals surface area contributed by atoms with E-state index in [1.54, 1.807) is 7.11 Å². The van der Waals surface area contributed by atoms with E-state index >= 15 is 0 Å². The van der Waals surface area contributed by atoms with Gasteiger partial charge in [-0.25, -0.2) is 4.99 Å². The van der Waals surface area contributed by atoms with Crippen LogP contribution in [0.4, 0.5) is 0 Å². The van der Waals surface area contributed by atoms with E-state index in [4.69, 9.17) is 4.74 Å². The smallest absolute Gasteiger partial charge is 0.280 e. The van der Waals surface area contributed by atoms with Crippen molar-refractivity contribution in [3.8, 4) is 22.9 Å². The molecule has 1 aliphatic rings. The maximum absolute atomic E-state index is 13.0. The second kappa shape index (κ2) is 8.11. The summed E-state index contributed by atoms with van der Waals surface area (Å²) in [4.78, 5) is 17.3. The molecule has 0 radical (unpaired) electrons. The van der Waals surface area contributed by atoms with Gasteiger partial charge in [-0.1, -0.05) is 43.2 Å². The van der Waals surface area contributed by atoms with Crippen LogP contribution >= 0.6 is 15.9 Å². The summed E-state index contributed by atoms with van der Waals surface area (Å²) in [5.74, 6) is 0.451. The zero-order valence-corrected chi connectivity index (χ0v) is 18.8. The number of carbonyl (C=O) groups is 1. The van der Waals surface area contributed by atoms with Crippen LogP contribution in [0.3, 0.4) is 0 Å². The summed E-state index contributed by atoms with van der Waals surface area (Å²) in [6.07, 6.45) is 1.88. The molecule has 0 saturated carbocycles. The Morgan fingerprint density at radius 3 is 2.43 bits per heavy atom. The highest BCUT2D eigenvalue weighted by Gasteiger charge is 2.36. The molecule has 0 fully saturated rings. The van der Waals surface area contributed by atoms with Crippen molar-refractivity contribution in [2.45, 2.75) is 33.2 Å². The van der Waals surface area contributed by atoms with Crippen molar-refractivity contribution in [3.63, 3.8) is 0 Å². The lowest BCUT2D eigenvalue weighted by molar-refractivity contribution is 0.101. The van der Waals surface area contributed by atoms with Crippen molar-refractivity contribution in [1.82, 2.24) is 4.57 Å². The summed E-state index contributed by atoms with van der Waals surface area (Å²) in [6, 6.07) is 13.5. The Morgan fingerprint density at radius 2 is 1.80 bits per heavy atom. The van der Waals surface area contributed by atoms with Crippen LogP contribution in [-0.4, -0.2) is 28.4 Å². The van der Waals surface area contributed by atoms with Crippen LogP contribution in [0.15, 0.2) is 51.9 Å². The van der Waals surface area contributed by atoms with Gasteiger partial charge in [-0.3, -0.25) is 4.79 Å². The minimum absolute atomic E-state index is 0.0885. The maximum Gasteiger partial charge on any atom is 0.280 e. The number of benzene rings is 2. The number of nitrogens with zero attached hydrogens (tertiary/aromatic N) is 2. The molecular formula is C24H23BrN2O3. The van der Waals surface area contributed by atoms with Crippen LogP contribution in [0.5, 0.6) is 11.6 Å². The number of hydrogen-bond acceptors (Lipinski definition) is 3. The van der Waals surface area contributed by atoms with E-state index < -0.39 is 0 Å². The number of methoxy groups -OCH3 is 1. The Labute approximate surface area is 184 Å². The SMILES string of the molecule is CCCCn1c(O)c2c(c1-c1ccc(C)cc1)C(=O)N=C2c1ccc(OC)c(Br)c1. The van der Waals surface area contributed by atoms with Crippen LogP contribution in [0.25, 0.3) is 11.3 Å². The second-order valence-corrected chi connectivity index (χ2v) is 8.26. The Morgan fingerprint density at radius 1 is 1.10 bits per heavy atom. The van der Waals surface area contributed by atoms with Gasteiger partial charge in [0.15, 0.2) is 0 Å². The summed E-state index contributed by atoms with van der Waals surface area (Å²) in [5.41, 5.74) is 4.96. The number of halogens is 1. The molecule has 0 spiro atoms. The number of ether oxygens (including phenoxy) is 1. The van der Waals surface area contributed by atoms with Crippen LogP contribution in [-0.2, 0) is 6.54 Å². The van der Waals surface area contributed by atoms with E-state index in [9.17, 15) is 9.90 Å². The van der Waals surface area contributed by atoms with E-state index in [0.29, 0.717) is 29.1 Å². The molecule has 0 aliphatic carbocycles. The average Bonchev–Trinajstić information content (AvgIpc) is 3.22. The topological polar surface area (TPSA) is 63.8 Å². The number of aromatic hydroxyl groups is 1. The molecule has 1 amide bonds. The van der Waals surface area contributed by atoms with E-state index in [2.05, 4.69) is 27.8 Å². The number of hydrogen-bond donors (Lipinski definition) is 1. The molecule has 4 rings (SSSR count). The molecular weight excluding hydrogens is 444 g/mol. The number of rotatable bonds is 6. The summed E-state index contributed by atoms with van der Waals surface area (Å²) in [5, 5.41) is 11.2. The van der Waals surface area contributed by atoms with E-state index in [1.807, 2.05) is 54.0 Å². The minimum Gasteiger partial charge on any atom is -0.496 e. The van der Waals surface area contributed by atoms with Crippen LogP contribution < -0.4 is 4.74 Å². The lowest BCUT2D eigenvalue weighted by Crippen LogP contribution is -2.04. The van der Waals surface area contributed by atoms with Gasteiger partial charge in [0.1, 0.15) is 5.75 Å². The first kappa shape index (κ1) is 20.4. The summed E-state index contributed by atoms with van der Waals surface area (Å²) < 4.78 is 7.91. The molecule has 5 nitrogen and oxygen atoms in total. The van der Waals surface area contributed by atoms with Gasteiger partial charge in [0, 0.05) is 12.1 Å². The van der Waals surface area contributed by atoms with Gasteiger partial charge in [-0.05, 0) is 53.0 Å². The van der Waals surface area contributed by atoms with Gasteiger partial charge in [0.2, 0.25) is 5.88 Å². The van der Waals surface area contributed by atoms with E-state index in [1.165, 1.54) is 0 Å². The number of fused-ring (bicyclic) bond motifs is 1. The predicted molar refractivity (Wildman–Crippen MR) is 122 cm³/mol. The van der Waals surface area contributed by atoms with Crippen molar-refractivity contribution < 1.29 is 14.6 Å². The molecule has 2 heterocycles. The third-order valence-corrected chi connectivity index (χ3v) is 6.01. The quantitative estimate of drug-likeness (QED) is 0.504. The predicted octanol–water partition coefficient (Wildman–Crippen LogP) is 5.73. The third-order valence-electron chi connectivity index (χ3n) is 5.39. The molecule has 2 aromatic carbocycles. The first-order chi connectivity index (χ1) is 14.5. The summed E-state index contributed by atoms with van der Waals surface area (Å²) in [6.45, 7) is 4.76. The van der Waals surface area contributed by atoms with Crippen LogP contribution in [0.2, 0.25) is 0 Å². The van der Waals surface area contributed by atoms with Crippen molar-refractivity contribution in [2.75, 3.05) is 7.11 Å². The zero-order chi connectivity index (χ0) is 21.4. The fourth-order valence-electron chi connectivity index (χ4n) is 3.82. The van der Waals surface area contributed by atoms with Gasteiger partial charge in [0.05, 0.1) is 34.1 Å². The monoisotopic (exact) mass is 466 g/mol. The summed E-state index contributed by atoms with van der Waals surface area (Å²) in [7, 11) is 1.60. The van der Waals surface area contributed by atoms with Crippen molar-refractivity contribution in [2.24, 2.45) is 4.99 Å². The normalized spacial score (nSPS) is 12.8. The molecule has 3 aromatic rings. The molecule has 1 aromatic heterocycles. The molecule has 154 valence electrons. The zero-order valence-electron chi connectivity index (χ0n) is 17.2. The molecule has 0 atom stereocenters. The number of aliphatic imine (C=N–C) groups is 1. The first-order valence-corrected chi connectivity index (χ1v) is 10.7. The van der Waals surface area contributed by atoms with Crippen molar-refractivity contribution >= 4 is 27.5 Å². The standard InChI is InChI=1S/C24H23BrN2O3/c1-4-5-12-27-22(15-8-6-14(2)7-9-15)20-19(24(27)29)21(26-23(20)28)16-10-11-18(30-3)17(25)13-16/h6-11,13,29H,4-5,12H2,1-3H3. The number of unbranched alkanes of at least 4 members (excludes halogenated alkanes) is 1. The van der Waals surface area contributed by atoms with Crippen molar-refractivity contribution in [1.29, 1.82) is 0 Å². The van der Waals surface area contributed by atoms with Gasteiger partial charge in [-0.2, -0.15) is 0 Å². The molecule has 30 heavy (non-hydrogen) atoms. The van der Waals surface area contributed by atoms with Gasteiger partial charge < -0.3 is 14.4 Å². The highest BCUT2D eigenvalue weighted by atomic mass is 79.9. The number of aromatic nitrogens is 1. The molecule has 0 bridgehead atoms. The van der Waals surface area contributed by atoms with E-state index in [0.717, 1.165) is 39.7 Å². The molecule has 1 N–H and O–H groups in total. The molecule has 6 heteroatoms. The fourth-order valence-corrected chi connectivity index (χ4v) is 4.36. The van der Waals surface area contributed by atoms with Gasteiger partial charge >= 0.3 is 0 Å². The third kappa shape index (κ3) is 3.35. The maximum atomic E-state index is 13.0. The van der Waals surface area contributed by atoms with E-state index in [-0.39, 0.29) is 11.8 Å². The van der Waals surface area contributed by atoms with Gasteiger partial charge in [-0.15, -0.1) is 0 Å². The average molecular weight is 467 g/mol. The first-order valence-electron chi connectivity index (χ1n) is 9.96. The highest BCUT2D eigenvalue weighted by molar-refractivity contribution is 9.10. The van der Waals surface area contributed by atoms with Crippen LogP contribution in [0.1, 0.15) is 46.8 Å². The number of carbonyl (C=O) groups excluding carboxylic acids is 1. The minimum atomic E-state index is -0.326. The largest absolute Gasteiger partial charge is 0.496 e. The second-order valence-electron chi connectivity index (χ2n) is 7.41.